The molecule has 0 unspecified atom stereocenters. The van der Waals surface area contributed by atoms with Crippen molar-refractivity contribution in [3.8, 4) is 0 Å². The van der Waals surface area contributed by atoms with Gasteiger partial charge in [0, 0.05) is 18.8 Å². The lowest BCUT2D eigenvalue weighted by molar-refractivity contribution is -0.121. The number of hydrogen-bond acceptors (Lipinski definition) is 4. The summed E-state index contributed by atoms with van der Waals surface area (Å²) >= 11 is 0. The van der Waals surface area contributed by atoms with E-state index in [1.54, 1.807) is 15.5 Å². The predicted molar refractivity (Wildman–Crippen MR) is 117 cm³/mol. The van der Waals surface area contributed by atoms with Crippen molar-refractivity contribution >= 4 is 28.5 Å². The van der Waals surface area contributed by atoms with E-state index in [0.29, 0.717) is 25.3 Å². The number of benzene rings is 2. The molecule has 3 rings (SSSR count). The molecular weight excluding hydrogens is 382 g/mol. The van der Waals surface area contributed by atoms with Crippen molar-refractivity contribution in [2.75, 3.05) is 26.0 Å². The number of hydrogen-bond donors (Lipinski definition) is 2. The minimum absolute atomic E-state index is 0.0500. The van der Waals surface area contributed by atoms with Crippen LogP contribution < -0.4 is 16.3 Å². The first-order chi connectivity index (χ1) is 14.4. The van der Waals surface area contributed by atoms with Crippen LogP contribution in [0, 0.1) is 0 Å². The number of aromatic nitrogens is 2. The SMILES string of the molecule is CCn1c(=O)n(CC(=O)NCc2cccc(NC(=O)CN(C)C)c2)c2ccccc21. The predicted octanol–water partition coefficient (Wildman–Crippen LogP) is 1.64. The summed E-state index contributed by atoms with van der Waals surface area (Å²) in [7, 11) is 3.66. The van der Waals surface area contributed by atoms with E-state index in [4.69, 9.17) is 0 Å². The van der Waals surface area contributed by atoms with E-state index in [-0.39, 0.29) is 24.0 Å². The highest BCUT2D eigenvalue weighted by molar-refractivity contribution is 5.92. The summed E-state index contributed by atoms with van der Waals surface area (Å²) in [5.74, 6) is -0.356. The van der Waals surface area contributed by atoms with Gasteiger partial charge in [-0.25, -0.2) is 4.79 Å². The van der Waals surface area contributed by atoms with Crippen molar-refractivity contribution in [1.29, 1.82) is 0 Å². The van der Waals surface area contributed by atoms with Gasteiger partial charge < -0.3 is 15.5 Å². The van der Waals surface area contributed by atoms with Crippen LogP contribution in [0.25, 0.3) is 11.0 Å². The Morgan fingerprint density at radius 2 is 1.67 bits per heavy atom. The van der Waals surface area contributed by atoms with E-state index in [9.17, 15) is 14.4 Å². The lowest BCUT2D eigenvalue weighted by Crippen LogP contribution is -2.32. The van der Waals surface area contributed by atoms with E-state index < -0.39 is 0 Å². The highest BCUT2D eigenvalue weighted by Crippen LogP contribution is 2.13. The van der Waals surface area contributed by atoms with Crippen LogP contribution in [0.5, 0.6) is 0 Å². The molecule has 0 saturated carbocycles. The number of nitrogens with one attached hydrogen (secondary N) is 2. The molecule has 30 heavy (non-hydrogen) atoms. The maximum absolute atomic E-state index is 12.7. The van der Waals surface area contributed by atoms with E-state index in [1.807, 2.05) is 63.5 Å². The smallest absolute Gasteiger partial charge is 0.329 e. The molecule has 1 heterocycles. The Kier molecular flexibility index (Phi) is 6.68. The molecule has 1 aromatic heterocycles. The number of nitrogens with zero attached hydrogens (tertiary/aromatic N) is 3. The monoisotopic (exact) mass is 409 g/mol. The summed E-state index contributed by atoms with van der Waals surface area (Å²) in [6.07, 6.45) is 0. The first-order valence-corrected chi connectivity index (χ1v) is 9.87. The van der Waals surface area contributed by atoms with Crippen LogP contribution in [0.3, 0.4) is 0 Å². The van der Waals surface area contributed by atoms with Crippen LogP contribution in [0.4, 0.5) is 5.69 Å². The van der Waals surface area contributed by atoms with Gasteiger partial charge in [0.2, 0.25) is 11.8 Å². The topological polar surface area (TPSA) is 88.4 Å². The second-order valence-corrected chi connectivity index (χ2v) is 7.36. The number of para-hydroxylation sites is 2. The van der Waals surface area contributed by atoms with Crippen molar-refractivity contribution in [2.24, 2.45) is 0 Å². The van der Waals surface area contributed by atoms with Crippen molar-refractivity contribution in [3.05, 3.63) is 64.6 Å². The Morgan fingerprint density at radius 3 is 2.33 bits per heavy atom. The quantitative estimate of drug-likeness (QED) is 0.592. The van der Waals surface area contributed by atoms with Gasteiger partial charge in [0.05, 0.1) is 17.6 Å². The maximum Gasteiger partial charge on any atom is 0.329 e. The van der Waals surface area contributed by atoms with Crippen molar-refractivity contribution in [2.45, 2.75) is 26.6 Å². The Bertz CT molecular complexity index is 1110. The molecule has 158 valence electrons. The molecule has 2 N–H and O–H groups in total. The summed E-state index contributed by atoms with van der Waals surface area (Å²) in [6, 6.07) is 14.8. The molecule has 0 aliphatic heterocycles. The number of likely N-dealkylation sites (N-methyl/N-ethyl adjacent to an activating group) is 1. The lowest BCUT2D eigenvalue weighted by atomic mass is 10.2. The van der Waals surface area contributed by atoms with Crippen molar-refractivity contribution in [3.63, 3.8) is 0 Å². The zero-order valence-corrected chi connectivity index (χ0v) is 17.5. The highest BCUT2D eigenvalue weighted by Gasteiger charge is 2.14. The normalized spacial score (nSPS) is 11.1. The van der Waals surface area contributed by atoms with Crippen LogP contribution in [-0.2, 0) is 29.2 Å². The number of anilines is 1. The lowest BCUT2D eigenvalue weighted by Gasteiger charge is -2.11. The summed E-state index contributed by atoms with van der Waals surface area (Å²) in [5.41, 5.74) is 2.90. The van der Waals surface area contributed by atoms with Crippen LogP contribution in [0.2, 0.25) is 0 Å². The molecule has 0 spiro atoms. The van der Waals surface area contributed by atoms with Crippen LogP contribution in [0.1, 0.15) is 12.5 Å². The van der Waals surface area contributed by atoms with E-state index in [1.165, 1.54) is 4.57 Å². The van der Waals surface area contributed by atoms with Crippen molar-refractivity contribution < 1.29 is 9.59 Å². The Labute approximate surface area is 175 Å². The van der Waals surface area contributed by atoms with Gasteiger partial charge in [-0.3, -0.25) is 18.7 Å². The second kappa shape index (κ2) is 9.41. The molecule has 8 nitrogen and oxygen atoms in total. The standard InChI is InChI=1S/C22H27N5O3/c1-4-26-18-10-5-6-11-19(18)27(22(26)30)15-20(28)23-13-16-8-7-9-17(12-16)24-21(29)14-25(2)3/h5-12H,4,13-15H2,1-3H3,(H,23,28)(H,24,29). The highest BCUT2D eigenvalue weighted by atomic mass is 16.2. The summed E-state index contributed by atoms with van der Waals surface area (Å²) in [6.45, 7) is 2.99. The number of amides is 2. The Morgan fingerprint density at radius 1 is 0.967 bits per heavy atom. The van der Waals surface area contributed by atoms with Gasteiger partial charge in [-0.2, -0.15) is 0 Å². The fourth-order valence-electron chi connectivity index (χ4n) is 3.38. The molecule has 0 aliphatic carbocycles. The van der Waals surface area contributed by atoms with Gasteiger partial charge in [-0.15, -0.1) is 0 Å². The van der Waals surface area contributed by atoms with Gasteiger partial charge in [-0.1, -0.05) is 24.3 Å². The molecular formula is C22H27N5O3. The zero-order chi connectivity index (χ0) is 21.7. The van der Waals surface area contributed by atoms with Gasteiger partial charge >= 0.3 is 5.69 Å². The van der Waals surface area contributed by atoms with E-state index in [2.05, 4.69) is 10.6 Å². The van der Waals surface area contributed by atoms with Gasteiger partial charge in [0.15, 0.2) is 0 Å². The van der Waals surface area contributed by atoms with E-state index >= 15 is 0 Å². The average Bonchev–Trinajstić information content (AvgIpc) is 2.97. The van der Waals surface area contributed by atoms with Crippen LogP contribution in [0.15, 0.2) is 53.3 Å². The number of carbonyl (C=O) groups excluding carboxylic acids is 2. The Hall–Kier alpha value is -3.39. The maximum atomic E-state index is 12.7. The Balaban J connectivity index is 1.65. The van der Waals surface area contributed by atoms with Gasteiger partial charge in [0.25, 0.3) is 0 Å². The number of aryl methyl sites for hydroxylation is 1. The van der Waals surface area contributed by atoms with E-state index in [0.717, 1.165) is 16.6 Å². The van der Waals surface area contributed by atoms with Crippen molar-refractivity contribution in [1.82, 2.24) is 19.4 Å². The molecule has 2 aromatic carbocycles. The second-order valence-electron chi connectivity index (χ2n) is 7.36. The third kappa shape index (κ3) is 4.96. The minimum Gasteiger partial charge on any atom is -0.350 e. The van der Waals surface area contributed by atoms with Gasteiger partial charge in [0.1, 0.15) is 6.54 Å². The first kappa shape index (κ1) is 21.3. The number of fused-ring (bicyclic) bond motifs is 1. The molecule has 0 radical (unpaired) electrons. The van der Waals surface area contributed by atoms with Crippen LogP contribution >= 0.6 is 0 Å². The number of imidazole rings is 1. The molecule has 0 aliphatic rings. The number of rotatable bonds is 8. The molecule has 0 saturated heterocycles. The summed E-state index contributed by atoms with van der Waals surface area (Å²) in [4.78, 5) is 38.9. The zero-order valence-electron chi connectivity index (χ0n) is 17.5. The number of carbonyl (C=O) groups is 2. The summed E-state index contributed by atoms with van der Waals surface area (Å²) < 4.78 is 3.15. The molecule has 0 fully saturated rings. The fourth-order valence-corrected chi connectivity index (χ4v) is 3.38. The minimum atomic E-state index is -0.252. The van der Waals surface area contributed by atoms with Gasteiger partial charge in [-0.05, 0) is 50.8 Å². The molecule has 0 bridgehead atoms. The van der Waals surface area contributed by atoms with Crippen LogP contribution in [-0.4, -0.2) is 46.5 Å². The average molecular weight is 409 g/mol. The largest absolute Gasteiger partial charge is 0.350 e. The molecule has 0 atom stereocenters. The molecule has 2 amide bonds. The molecule has 8 heteroatoms. The summed E-state index contributed by atoms with van der Waals surface area (Å²) in [5, 5.41) is 5.69. The fraction of sp³-hybridized carbons (Fsp3) is 0.318. The first-order valence-electron chi connectivity index (χ1n) is 9.87. The third-order valence-corrected chi connectivity index (χ3v) is 4.70. The molecule has 3 aromatic rings. The third-order valence-electron chi connectivity index (χ3n) is 4.70.